The van der Waals surface area contributed by atoms with Crippen molar-refractivity contribution in [2.24, 2.45) is 17.6 Å². The lowest BCUT2D eigenvalue weighted by Crippen LogP contribution is -2.33. The molecule has 0 radical (unpaired) electrons. The van der Waals surface area contributed by atoms with Crippen molar-refractivity contribution in [3.8, 4) is 11.9 Å². The van der Waals surface area contributed by atoms with Crippen LogP contribution in [0.4, 0.5) is 32.2 Å². The smallest absolute Gasteiger partial charge is 0.367 e. The maximum atomic E-state index is 12.7. The van der Waals surface area contributed by atoms with Crippen LogP contribution in [-0.4, -0.2) is 78.6 Å². The van der Waals surface area contributed by atoms with Crippen LogP contribution in [0.15, 0.2) is 41.7 Å². The first-order valence-corrected chi connectivity index (χ1v) is 18.7. The molecule has 52 heavy (non-hydrogen) atoms. The number of nitrogens with zero attached hydrogens (tertiary/aromatic N) is 8. The summed E-state index contributed by atoms with van der Waals surface area (Å²) in [6.07, 6.45) is -0.726. The van der Waals surface area contributed by atoms with Crippen molar-refractivity contribution < 1.29 is 34.8 Å². The zero-order chi connectivity index (χ0) is 38.4. The maximum Gasteiger partial charge on any atom is 0.391 e. The molecule has 2 aliphatic carbocycles. The Morgan fingerprint density at radius 3 is 1.54 bits per heavy atom. The van der Waals surface area contributed by atoms with Crippen molar-refractivity contribution in [3.63, 3.8) is 0 Å². The predicted octanol–water partition coefficient (Wildman–Crippen LogP) is 6.56. The van der Waals surface area contributed by atoms with Gasteiger partial charge >= 0.3 is 12.4 Å². The fourth-order valence-electron chi connectivity index (χ4n) is 5.82. The van der Waals surface area contributed by atoms with E-state index in [9.17, 15) is 34.8 Å². The number of hydrogen-bond acceptors (Lipinski definition) is 10. The number of rotatable bonds is 5. The van der Waals surface area contributed by atoms with Crippen LogP contribution >= 0.6 is 0 Å². The first-order valence-electron chi connectivity index (χ1n) is 16.8. The van der Waals surface area contributed by atoms with Crippen molar-refractivity contribution >= 4 is 15.7 Å². The minimum Gasteiger partial charge on any atom is -0.367 e. The summed E-state index contributed by atoms with van der Waals surface area (Å²) in [7, 11) is -3.34. The van der Waals surface area contributed by atoms with Crippen LogP contribution in [0.1, 0.15) is 74.1 Å². The third-order valence-corrected chi connectivity index (χ3v) is 9.64. The average molecular weight is 759 g/mol. The van der Waals surface area contributed by atoms with Gasteiger partial charge in [-0.2, -0.15) is 46.5 Å². The Kier molecular flexibility index (Phi) is 13.0. The van der Waals surface area contributed by atoms with Crippen LogP contribution in [0.5, 0.6) is 0 Å². The van der Waals surface area contributed by atoms with Gasteiger partial charge in [0.25, 0.3) is 11.9 Å². The topological polar surface area (TPSA) is 159 Å². The van der Waals surface area contributed by atoms with E-state index in [0.717, 1.165) is 23.3 Å². The second kappa shape index (κ2) is 16.7. The number of nitrogens with two attached hydrogens (primary N) is 1. The van der Waals surface area contributed by atoms with E-state index in [2.05, 4.69) is 35.5 Å². The second-order valence-electron chi connectivity index (χ2n) is 13.3. The van der Waals surface area contributed by atoms with E-state index in [4.69, 9.17) is 5.73 Å². The Bertz CT molecular complexity index is 1880. The van der Waals surface area contributed by atoms with Gasteiger partial charge < -0.3 is 11.1 Å². The number of hydrogen-bond donors (Lipinski definition) is 2. The highest BCUT2D eigenvalue weighted by Crippen LogP contribution is 2.38. The van der Waals surface area contributed by atoms with Crippen molar-refractivity contribution in [1.82, 2.24) is 39.5 Å². The summed E-state index contributed by atoms with van der Waals surface area (Å²) in [5.74, 6) is -0.929. The van der Waals surface area contributed by atoms with Gasteiger partial charge in [0.05, 0.1) is 23.2 Å². The quantitative estimate of drug-likeness (QED) is 0.169. The molecule has 0 saturated heterocycles. The third kappa shape index (κ3) is 12.0. The Balaban J connectivity index is 0.000000188. The fourth-order valence-corrected chi connectivity index (χ4v) is 6.45. The second-order valence-corrected chi connectivity index (χ2v) is 15.3. The molecular formula is C33H44F6N10O2S. The zero-order valence-electron chi connectivity index (χ0n) is 29.6. The van der Waals surface area contributed by atoms with E-state index < -0.39 is 34.0 Å². The van der Waals surface area contributed by atoms with Gasteiger partial charge in [0.2, 0.25) is 0 Å². The van der Waals surface area contributed by atoms with E-state index in [0.29, 0.717) is 43.1 Å². The fraction of sp³-hybridized carbons (Fsp3) is 0.576. The van der Waals surface area contributed by atoms with E-state index >= 15 is 0 Å². The molecule has 0 atom stereocenters. The van der Waals surface area contributed by atoms with Gasteiger partial charge in [-0.1, -0.05) is 0 Å². The molecule has 0 amide bonds. The number of anilines is 1. The van der Waals surface area contributed by atoms with Crippen molar-refractivity contribution in [1.29, 1.82) is 0 Å². The van der Waals surface area contributed by atoms with E-state index in [1.54, 1.807) is 36.1 Å². The Morgan fingerprint density at radius 1 is 0.673 bits per heavy atom. The molecule has 3 N–H and O–H groups in total. The van der Waals surface area contributed by atoms with Gasteiger partial charge in [-0.3, -0.25) is 0 Å². The largest absolute Gasteiger partial charge is 0.391 e. The number of nitrogens with one attached hydrogen (secondary N) is 1. The highest BCUT2D eigenvalue weighted by molar-refractivity contribution is 7.90. The van der Waals surface area contributed by atoms with Crippen molar-refractivity contribution in [3.05, 3.63) is 59.4 Å². The lowest BCUT2D eigenvalue weighted by molar-refractivity contribution is -0.182. The number of alkyl halides is 6. The van der Waals surface area contributed by atoms with Crippen LogP contribution < -0.4 is 11.1 Å². The number of aryl methyl sites for hydroxylation is 4. The van der Waals surface area contributed by atoms with Crippen molar-refractivity contribution in [2.75, 3.05) is 11.6 Å². The summed E-state index contributed by atoms with van der Waals surface area (Å²) in [6.45, 7) is 7.29. The molecule has 0 aliphatic heterocycles. The highest BCUT2D eigenvalue weighted by atomic mass is 32.2. The monoisotopic (exact) mass is 758 g/mol. The standard InChI is InChI=1S/C16H20F3N5.C10H12N4O2S.C7H12F3N/c1-10-7-8-24(23-10)15-20-11(2)9-14(22-15)21-13-5-3-12(4-6-13)16(17,18)19;1-7-4-5-14(13-7)10-11-8(2)6-9(12-10)17(3,15)16;8-7(9,10)5-1-3-6(11)4-2-5/h7-9,12-13H,3-6H2,1-2H3,(H,20,21,22);4-6H,1-3H3;5-6H,1-4,11H2. The van der Waals surface area contributed by atoms with Crippen LogP contribution in [0, 0.1) is 39.5 Å². The van der Waals surface area contributed by atoms with Crippen molar-refractivity contribution in [2.45, 2.75) is 109 Å². The number of sulfone groups is 1. The first-order chi connectivity index (χ1) is 24.2. The highest BCUT2D eigenvalue weighted by Gasteiger charge is 2.42. The van der Waals surface area contributed by atoms with Crippen LogP contribution in [-0.2, 0) is 9.84 Å². The third-order valence-electron chi connectivity index (χ3n) is 8.67. The molecule has 0 aromatic carbocycles. The number of halogens is 6. The van der Waals surface area contributed by atoms with Crippen LogP contribution in [0.25, 0.3) is 11.9 Å². The minimum absolute atomic E-state index is 0.00473. The molecule has 4 heterocycles. The molecule has 2 aliphatic rings. The van der Waals surface area contributed by atoms with Gasteiger partial charge in [-0.05, 0) is 97.3 Å². The molecule has 4 aromatic heterocycles. The normalized spacial score (nSPS) is 21.0. The van der Waals surface area contributed by atoms with E-state index in [1.165, 1.54) is 10.7 Å². The molecule has 286 valence electrons. The predicted molar refractivity (Wildman–Crippen MR) is 182 cm³/mol. The van der Waals surface area contributed by atoms with Gasteiger partial charge in [0.15, 0.2) is 14.9 Å². The summed E-state index contributed by atoms with van der Waals surface area (Å²) in [5.41, 5.74) is 8.51. The Morgan fingerprint density at radius 2 is 1.12 bits per heavy atom. The molecule has 12 nitrogen and oxygen atoms in total. The summed E-state index contributed by atoms with van der Waals surface area (Å²) in [6, 6.07) is 6.90. The maximum absolute atomic E-state index is 12.7. The summed E-state index contributed by atoms with van der Waals surface area (Å²) >= 11 is 0. The molecule has 2 fully saturated rings. The molecule has 6 rings (SSSR count). The molecule has 2 saturated carbocycles. The van der Waals surface area contributed by atoms with Crippen LogP contribution in [0.2, 0.25) is 0 Å². The lowest BCUT2D eigenvalue weighted by Gasteiger charge is -2.30. The van der Waals surface area contributed by atoms with Gasteiger partial charge in [-0.25, -0.2) is 27.7 Å². The summed E-state index contributed by atoms with van der Waals surface area (Å²) in [4.78, 5) is 16.9. The van der Waals surface area contributed by atoms with Gasteiger partial charge in [0.1, 0.15) is 5.82 Å². The van der Waals surface area contributed by atoms with E-state index in [-0.39, 0.29) is 48.7 Å². The van der Waals surface area contributed by atoms with Gasteiger partial charge in [0, 0.05) is 48.2 Å². The van der Waals surface area contributed by atoms with E-state index in [1.807, 2.05) is 26.8 Å². The lowest BCUT2D eigenvalue weighted by atomic mass is 9.85. The summed E-state index contributed by atoms with van der Waals surface area (Å²) < 4.78 is 100. The number of aromatic nitrogens is 8. The molecule has 0 spiro atoms. The molecular weight excluding hydrogens is 714 g/mol. The average Bonchev–Trinajstić information content (AvgIpc) is 3.68. The van der Waals surface area contributed by atoms with Gasteiger partial charge in [-0.15, -0.1) is 0 Å². The Labute approximate surface area is 298 Å². The summed E-state index contributed by atoms with van der Waals surface area (Å²) in [5, 5.41) is 11.7. The zero-order valence-corrected chi connectivity index (χ0v) is 30.4. The molecule has 4 aromatic rings. The Hall–Kier alpha value is -4.13. The molecule has 0 unspecified atom stereocenters. The molecule has 0 bridgehead atoms. The minimum atomic E-state index is -4.08. The molecule has 19 heteroatoms. The first kappa shape index (κ1) is 40.6. The van der Waals surface area contributed by atoms with Crippen LogP contribution in [0.3, 0.4) is 0 Å². The SMILES string of the molecule is Cc1cc(NC2CCC(C(F)(F)F)CC2)nc(-n2ccc(C)n2)n1.Cc1cc(S(C)(=O)=O)nc(-n2ccc(C)n2)n1.NC1CCC(C(F)(F)F)CC1.